The van der Waals surface area contributed by atoms with Crippen LogP contribution >= 0.6 is 0 Å². The maximum absolute atomic E-state index is 12.1. The molecule has 29 heavy (non-hydrogen) atoms. The summed E-state index contributed by atoms with van der Waals surface area (Å²) in [6.07, 6.45) is 1.42. The lowest BCUT2D eigenvalue weighted by Crippen LogP contribution is -2.47. The lowest BCUT2D eigenvalue weighted by molar-refractivity contribution is -0.121. The number of carbonyl (C=O) groups is 1. The number of carbonyl (C=O) groups excluding carboxylic acids is 1. The minimum atomic E-state index is -0.0231. The Morgan fingerprint density at radius 2 is 1.83 bits per heavy atom. The first-order valence-electron chi connectivity index (χ1n) is 10.3. The minimum absolute atomic E-state index is 0.0231. The van der Waals surface area contributed by atoms with Gasteiger partial charge in [0.05, 0.1) is 20.3 Å². The van der Waals surface area contributed by atoms with Crippen LogP contribution in [0.3, 0.4) is 0 Å². The number of rotatable bonds is 7. The molecular formula is C24H32N2O3. The first-order chi connectivity index (χ1) is 14.0. The molecule has 0 unspecified atom stereocenters. The average molecular weight is 397 g/mol. The fourth-order valence-corrected chi connectivity index (χ4v) is 4.15. The molecule has 2 aromatic rings. The smallest absolute Gasteiger partial charge is 0.219 e. The number of hydrogen-bond donors (Lipinski definition) is 1. The Bertz CT molecular complexity index is 848. The molecule has 1 N–H and O–H groups in total. The Morgan fingerprint density at radius 3 is 2.45 bits per heavy atom. The van der Waals surface area contributed by atoms with Gasteiger partial charge >= 0.3 is 0 Å². The van der Waals surface area contributed by atoms with Crippen LogP contribution < -0.4 is 14.8 Å². The van der Waals surface area contributed by atoms with Gasteiger partial charge in [0.15, 0.2) is 11.5 Å². The zero-order valence-corrected chi connectivity index (χ0v) is 18.1. The van der Waals surface area contributed by atoms with Gasteiger partial charge < -0.3 is 14.8 Å². The summed E-state index contributed by atoms with van der Waals surface area (Å²) in [5.74, 6) is 1.55. The number of amides is 1. The van der Waals surface area contributed by atoms with Crippen LogP contribution in [0.5, 0.6) is 11.5 Å². The molecule has 0 bridgehead atoms. The van der Waals surface area contributed by atoms with Crippen molar-refractivity contribution in [3.63, 3.8) is 0 Å². The van der Waals surface area contributed by atoms with Crippen LogP contribution in [-0.4, -0.2) is 37.6 Å². The van der Waals surface area contributed by atoms with E-state index in [0.717, 1.165) is 31.0 Å². The van der Waals surface area contributed by atoms with Crippen molar-refractivity contribution in [1.29, 1.82) is 0 Å². The summed E-state index contributed by atoms with van der Waals surface area (Å²) < 4.78 is 11.1. The molecule has 0 spiro atoms. The molecule has 0 saturated heterocycles. The molecule has 5 heteroatoms. The van der Waals surface area contributed by atoms with Crippen LogP contribution in [0.2, 0.25) is 0 Å². The Labute approximate surface area is 174 Å². The van der Waals surface area contributed by atoms with Crippen molar-refractivity contribution in [2.45, 2.75) is 52.2 Å². The van der Waals surface area contributed by atoms with Crippen molar-refractivity contribution < 1.29 is 14.3 Å². The molecule has 1 heterocycles. The average Bonchev–Trinajstić information content (AvgIpc) is 2.73. The summed E-state index contributed by atoms with van der Waals surface area (Å²) in [6, 6.07) is 12.9. The van der Waals surface area contributed by atoms with E-state index < -0.39 is 0 Å². The second kappa shape index (κ2) is 9.31. The predicted molar refractivity (Wildman–Crippen MR) is 115 cm³/mol. The zero-order valence-electron chi connectivity index (χ0n) is 18.1. The molecule has 0 aliphatic carbocycles. The van der Waals surface area contributed by atoms with Crippen LogP contribution in [-0.2, 0) is 17.8 Å². The van der Waals surface area contributed by atoms with E-state index >= 15 is 0 Å². The number of methoxy groups -OCH3 is 2. The monoisotopic (exact) mass is 396 g/mol. The number of aryl methyl sites for hydroxylation is 1. The Kier molecular flexibility index (Phi) is 6.80. The number of benzene rings is 2. The molecule has 5 nitrogen and oxygen atoms in total. The van der Waals surface area contributed by atoms with Crippen molar-refractivity contribution in [2.24, 2.45) is 0 Å². The van der Waals surface area contributed by atoms with Crippen molar-refractivity contribution >= 4 is 5.91 Å². The van der Waals surface area contributed by atoms with Gasteiger partial charge in [-0.15, -0.1) is 0 Å². The van der Waals surface area contributed by atoms with Crippen LogP contribution in [0.4, 0.5) is 0 Å². The van der Waals surface area contributed by atoms with Gasteiger partial charge in [-0.25, -0.2) is 0 Å². The van der Waals surface area contributed by atoms with Crippen LogP contribution in [0.25, 0.3) is 0 Å². The van der Waals surface area contributed by atoms with Gasteiger partial charge in [-0.1, -0.05) is 36.8 Å². The highest BCUT2D eigenvalue weighted by Crippen LogP contribution is 2.40. The van der Waals surface area contributed by atoms with Gasteiger partial charge in [0.1, 0.15) is 0 Å². The lowest BCUT2D eigenvalue weighted by atomic mass is 9.87. The van der Waals surface area contributed by atoms with Crippen molar-refractivity contribution in [2.75, 3.05) is 20.8 Å². The summed E-state index contributed by atoms with van der Waals surface area (Å²) in [4.78, 5) is 14.6. The first kappa shape index (κ1) is 21.2. The number of nitrogens with one attached hydrogen (secondary N) is 1. The maximum atomic E-state index is 12.1. The lowest BCUT2D eigenvalue weighted by Gasteiger charge is -2.41. The molecule has 1 aliphatic rings. The van der Waals surface area contributed by atoms with E-state index in [1.807, 2.05) is 6.92 Å². The van der Waals surface area contributed by atoms with Gasteiger partial charge in [0.25, 0.3) is 0 Å². The van der Waals surface area contributed by atoms with E-state index in [1.165, 1.54) is 22.3 Å². The largest absolute Gasteiger partial charge is 0.493 e. The third kappa shape index (κ3) is 4.73. The molecule has 2 aromatic carbocycles. The zero-order chi connectivity index (χ0) is 21.0. The molecule has 3 rings (SSSR count). The van der Waals surface area contributed by atoms with Gasteiger partial charge in [0.2, 0.25) is 5.91 Å². The highest BCUT2D eigenvalue weighted by molar-refractivity contribution is 5.76. The second-order valence-electron chi connectivity index (χ2n) is 7.77. The molecular weight excluding hydrogens is 364 g/mol. The molecule has 0 saturated carbocycles. The Balaban J connectivity index is 1.98. The van der Waals surface area contributed by atoms with Crippen LogP contribution in [0, 0.1) is 6.92 Å². The van der Waals surface area contributed by atoms with Crippen LogP contribution in [0.1, 0.15) is 48.6 Å². The Hall–Kier alpha value is -2.53. The highest BCUT2D eigenvalue weighted by Gasteiger charge is 2.33. The van der Waals surface area contributed by atoms with Crippen molar-refractivity contribution in [3.8, 4) is 11.5 Å². The minimum Gasteiger partial charge on any atom is -0.493 e. The topological polar surface area (TPSA) is 50.8 Å². The second-order valence-corrected chi connectivity index (χ2v) is 7.77. The van der Waals surface area contributed by atoms with Crippen LogP contribution in [0.15, 0.2) is 36.4 Å². The quantitative estimate of drug-likeness (QED) is 0.768. The predicted octanol–water partition coefficient (Wildman–Crippen LogP) is 4.03. The normalized spacial score (nSPS) is 17.3. The van der Waals surface area contributed by atoms with E-state index in [-0.39, 0.29) is 18.0 Å². The van der Waals surface area contributed by atoms with Crippen molar-refractivity contribution in [1.82, 2.24) is 10.2 Å². The van der Waals surface area contributed by atoms with Gasteiger partial charge in [-0.05, 0) is 49.1 Å². The molecule has 0 aromatic heterocycles. The molecule has 156 valence electrons. The standard InChI is InChI=1S/C24H32N2O3/c1-6-23(27)25-17(3)24-20-14-22(29-5)21(28-4)13-19(20)11-12-26(24)15-18-9-7-16(2)8-10-18/h7-10,13-14,17,24H,6,11-12,15H2,1-5H3,(H,25,27)/t17-,24+/m1/s1. The van der Waals surface area contributed by atoms with E-state index in [2.05, 4.69) is 60.5 Å². The fraction of sp³-hybridized carbons (Fsp3) is 0.458. The number of nitrogens with zero attached hydrogens (tertiary/aromatic N) is 1. The first-order valence-corrected chi connectivity index (χ1v) is 10.3. The third-order valence-corrected chi connectivity index (χ3v) is 5.72. The summed E-state index contributed by atoms with van der Waals surface area (Å²) >= 11 is 0. The van der Waals surface area contributed by atoms with Gasteiger partial charge in [-0.3, -0.25) is 9.69 Å². The maximum Gasteiger partial charge on any atom is 0.219 e. The summed E-state index contributed by atoms with van der Waals surface area (Å²) in [7, 11) is 3.33. The summed E-state index contributed by atoms with van der Waals surface area (Å²) in [5.41, 5.74) is 4.99. The number of fused-ring (bicyclic) bond motifs is 1. The molecule has 1 amide bonds. The SMILES string of the molecule is CCC(=O)N[C@H](C)[C@H]1c2cc(OC)c(OC)cc2CCN1Cc1ccc(C)cc1. The molecule has 2 atom stereocenters. The third-order valence-electron chi connectivity index (χ3n) is 5.72. The molecule has 0 fully saturated rings. The number of hydrogen-bond acceptors (Lipinski definition) is 4. The Morgan fingerprint density at radius 1 is 1.17 bits per heavy atom. The van der Waals surface area contributed by atoms with Gasteiger partial charge in [0, 0.05) is 25.6 Å². The number of ether oxygens (including phenoxy) is 2. The fourth-order valence-electron chi connectivity index (χ4n) is 4.15. The summed E-state index contributed by atoms with van der Waals surface area (Å²) in [6.45, 7) is 7.84. The molecule has 0 radical (unpaired) electrons. The summed E-state index contributed by atoms with van der Waals surface area (Å²) in [5, 5.41) is 3.18. The molecule has 1 aliphatic heterocycles. The van der Waals surface area contributed by atoms with Gasteiger partial charge in [-0.2, -0.15) is 0 Å². The van der Waals surface area contributed by atoms with Crippen molar-refractivity contribution in [3.05, 3.63) is 58.7 Å². The highest BCUT2D eigenvalue weighted by atomic mass is 16.5. The van der Waals surface area contributed by atoms with E-state index in [4.69, 9.17) is 9.47 Å². The van der Waals surface area contributed by atoms with E-state index in [0.29, 0.717) is 6.42 Å². The van der Waals surface area contributed by atoms with E-state index in [1.54, 1.807) is 14.2 Å². The van der Waals surface area contributed by atoms with E-state index in [9.17, 15) is 4.79 Å².